The average Bonchev–Trinajstić information content (AvgIpc) is 2.16. The molecule has 0 spiro atoms. The predicted octanol–water partition coefficient (Wildman–Crippen LogP) is 0.501. The van der Waals surface area contributed by atoms with Crippen LogP contribution in [0, 0.1) is 12.3 Å². The van der Waals surface area contributed by atoms with E-state index in [0.29, 0.717) is 11.7 Å². The number of nitrogens with two attached hydrogens (primary N) is 1. The standard InChI is InChI=1S/C9H12N4O/c1-4-6(2)14-8-5-7(11-3)12-9(10)13-8/h1,5-6H,2-3H3,(H3,10,11,12,13). The van der Waals surface area contributed by atoms with Gasteiger partial charge in [-0.1, -0.05) is 5.92 Å². The molecule has 0 aliphatic carbocycles. The summed E-state index contributed by atoms with van der Waals surface area (Å²) in [5, 5.41) is 2.84. The van der Waals surface area contributed by atoms with E-state index in [4.69, 9.17) is 16.9 Å². The molecule has 1 heterocycles. The van der Waals surface area contributed by atoms with E-state index in [9.17, 15) is 0 Å². The summed E-state index contributed by atoms with van der Waals surface area (Å²) in [6, 6.07) is 1.63. The molecule has 3 N–H and O–H groups in total. The summed E-state index contributed by atoms with van der Waals surface area (Å²) in [4.78, 5) is 7.79. The number of nitrogen functional groups attached to an aromatic ring is 1. The molecule has 74 valence electrons. The minimum atomic E-state index is -0.339. The van der Waals surface area contributed by atoms with E-state index in [1.54, 1.807) is 20.0 Å². The van der Waals surface area contributed by atoms with Gasteiger partial charge in [-0.15, -0.1) is 6.42 Å². The van der Waals surface area contributed by atoms with E-state index in [2.05, 4.69) is 21.2 Å². The Hall–Kier alpha value is -1.96. The molecule has 1 atom stereocenters. The second kappa shape index (κ2) is 4.33. The van der Waals surface area contributed by atoms with Gasteiger partial charge in [0.25, 0.3) is 0 Å². The van der Waals surface area contributed by atoms with Gasteiger partial charge in [0.15, 0.2) is 6.10 Å². The highest BCUT2D eigenvalue weighted by atomic mass is 16.5. The molecule has 0 fully saturated rings. The third-order valence-corrected chi connectivity index (χ3v) is 1.51. The van der Waals surface area contributed by atoms with Crippen molar-refractivity contribution in [3.05, 3.63) is 6.07 Å². The Bertz CT molecular complexity index is 358. The van der Waals surface area contributed by atoms with Gasteiger partial charge in [-0.05, 0) is 6.92 Å². The van der Waals surface area contributed by atoms with Crippen LogP contribution in [0.4, 0.5) is 11.8 Å². The molecule has 0 amide bonds. The molecule has 0 aromatic carbocycles. The van der Waals surface area contributed by atoms with Crippen molar-refractivity contribution in [1.29, 1.82) is 0 Å². The third-order valence-electron chi connectivity index (χ3n) is 1.51. The molecule has 1 unspecified atom stereocenters. The summed E-state index contributed by atoms with van der Waals surface area (Å²) < 4.78 is 5.28. The summed E-state index contributed by atoms with van der Waals surface area (Å²) in [6.07, 6.45) is 4.82. The van der Waals surface area contributed by atoms with Crippen LogP contribution in [0.1, 0.15) is 6.92 Å². The van der Waals surface area contributed by atoms with Crippen molar-refractivity contribution in [2.45, 2.75) is 13.0 Å². The molecular weight excluding hydrogens is 180 g/mol. The van der Waals surface area contributed by atoms with Crippen molar-refractivity contribution in [3.63, 3.8) is 0 Å². The lowest BCUT2D eigenvalue weighted by Gasteiger charge is -2.09. The molecule has 1 aromatic heterocycles. The molecule has 0 saturated carbocycles. The Labute approximate surface area is 82.7 Å². The van der Waals surface area contributed by atoms with Gasteiger partial charge >= 0.3 is 0 Å². The number of ether oxygens (including phenoxy) is 1. The molecule has 0 aliphatic rings. The zero-order valence-corrected chi connectivity index (χ0v) is 8.11. The molecule has 1 rings (SSSR count). The highest BCUT2D eigenvalue weighted by molar-refractivity contribution is 5.42. The second-order valence-electron chi connectivity index (χ2n) is 2.63. The van der Waals surface area contributed by atoms with E-state index in [1.807, 2.05) is 0 Å². The zero-order valence-electron chi connectivity index (χ0n) is 8.11. The Morgan fingerprint density at radius 1 is 1.64 bits per heavy atom. The van der Waals surface area contributed by atoms with Crippen molar-refractivity contribution in [1.82, 2.24) is 9.97 Å². The van der Waals surface area contributed by atoms with Crippen LogP contribution in [0.25, 0.3) is 0 Å². The molecule has 5 nitrogen and oxygen atoms in total. The molecule has 0 saturated heterocycles. The molecule has 0 radical (unpaired) electrons. The zero-order chi connectivity index (χ0) is 10.6. The van der Waals surface area contributed by atoms with Crippen LogP contribution in [0.15, 0.2) is 6.07 Å². The van der Waals surface area contributed by atoms with E-state index in [-0.39, 0.29) is 12.1 Å². The van der Waals surface area contributed by atoms with Crippen molar-refractivity contribution < 1.29 is 4.74 Å². The smallest absolute Gasteiger partial charge is 0.225 e. The maximum Gasteiger partial charge on any atom is 0.225 e. The number of nitrogens with zero attached hydrogens (tertiary/aromatic N) is 2. The molecule has 0 aliphatic heterocycles. The number of hydrogen-bond donors (Lipinski definition) is 2. The Morgan fingerprint density at radius 3 is 2.93 bits per heavy atom. The first-order chi connectivity index (χ1) is 6.65. The lowest BCUT2D eigenvalue weighted by atomic mass is 10.4. The minimum absolute atomic E-state index is 0.149. The quantitative estimate of drug-likeness (QED) is 0.682. The van der Waals surface area contributed by atoms with Crippen LogP contribution in [-0.2, 0) is 0 Å². The predicted molar refractivity (Wildman–Crippen MR) is 54.9 cm³/mol. The topological polar surface area (TPSA) is 73.1 Å². The lowest BCUT2D eigenvalue weighted by Crippen LogP contribution is -2.11. The number of hydrogen-bond acceptors (Lipinski definition) is 5. The lowest BCUT2D eigenvalue weighted by molar-refractivity contribution is 0.268. The average molecular weight is 192 g/mol. The summed E-state index contributed by atoms with van der Waals surface area (Å²) >= 11 is 0. The maximum absolute atomic E-state index is 5.46. The molecule has 0 bridgehead atoms. The Morgan fingerprint density at radius 2 is 2.36 bits per heavy atom. The van der Waals surface area contributed by atoms with Gasteiger partial charge in [0.05, 0.1) is 0 Å². The van der Waals surface area contributed by atoms with Gasteiger partial charge in [0.2, 0.25) is 11.8 Å². The molecular formula is C9H12N4O. The summed E-state index contributed by atoms with van der Waals surface area (Å²) in [6.45, 7) is 1.75. The van der Waals surface area contributed by atoms with Crippen LogP contribution in [0.3, 0.4) is 0 Å². The second-order valence-corrected chi connectivity index (χ2v) is 2.63. The van der Waals surface area contributed by atoms with Gasteiger partial charge in [0, 0.05) is 13.1 Å². The molecule has 14 heavy (non-hydrogen) atoms. The van der Waals surface area contributed by atoms with Crippen LogP contribution < -0.4 is 15.8 Å². The van der Waals surface area contributed by atoms with E-state index in [0.717, 1.165) is 0 Å². The van der Waals surface area contributed by atoms with E-state index < -0.39 is 0 Å². The fourth-order valence-corrected chi connectivity index (χ4v) is 0.846. The normalized spacial score (nSPS) is 11.5. The molecule has 1 aromatic rings. The third kappa shape index (κ3) is 2.52. The monoisotopic (exact) mass is 192 g/mol. The first-order valence-electron chi connectivity index (χ1n) is 4.10. The number of terminal acetylenes is 1. The van der Waals surface area contributed by atoms with Gasteiger partial charge in [-0.25, -0.2) is 0 Å². The van der Waals surface area contributed by atoms with Crippen LogP contribution in [0.2, 0.25) is 0 Å². The Balaban J connectivity index is 2.87. The van der Waals surface area contributed by atoms with Crippen LogP contribution in [0.5, 0.6) is 5.88 Å². The van der Waals surface area contributed by atoms with Gasteiger partial charge in [-0.3, -0.25) is 0 Å². The largest absolute Gasteiger partial charge is 0.461 e. The van der Waals surface area contributed by atoms with Gasteiger partial charge < -0.3 is 15.8 Å². The highest BCUT2D eigenvalue weighted by Crippen LogP contribution is 2.14. The van der Waals surface area contributed by atoms with Crippen molar-refractivity contribution in [2.24, 2.45) is 0 Å². The summed E-state index contributed by atoms with van der Waals surface area (Å²) in [5.41, 5.74) is 5.46. The van der Waals surface area contributed by atoms with Gasteiger partial charge in [0.1, 0.15) is 5.82 Å². The van der Waals surface area contributed by atoms with Crippen LogP contribution in [-0.4, -0.2) is 23.1 Å². The van der Waals surface area contributed by atoms with Gasteiger partial charge in [-0.2, -0.15) is 9.97 Å². The number of nitrogens with one attached hydrogen (secondary N) is 1. The number of anilines is 2. The number of aromatic nitrogens is 2. The van der Waals surface area contributed by atoms with E-state index in [1.165, 1.54) is 0 Å². The highest BCUT2D eigenvalue weighted by Gasteiger charge is 2.04. The first kappa shape index (κ1) is 10.1. The number of rotatable bonds is 3. The Kier molecular flexibility index (Phi) is 3.13. The van der Waals surface area contributed by atoms with Crippen LogP contribution >= 0.6 is 0 Å². The first-order valence-corrected chi connectivity index (χ1v) is 4.10. The molecule has 5 heteroatoms. The summed E-state index contributed by atoms with van der Waals surface area (Å²) in [7, 11) is 1.73. The fraction of sp³-hybridized carbons (Fsp3) is 0.333. The summed E-state index contributed by atoms with van der Waals surface area (Å²) in [5.74, 6) is 3.54. The fourth-order valence-electron chi connectivity index (χ4n) is 0.846. The SMILES string of the molecule is C#CC(C)Oc1cc(NC)nc(N)n1. The minimum Gasteiger partial charge on any atom is -0.461 e. The van der Waals surface area contributed by atoms with Crippen molar-refractivity contribution in [3.8, 4) is 18.2 Å². The van der Waals surface area contributed by atoms with E-state index >= 15 is 0 Å². The maximum atomic E-state index is 5.46. The van der Waals surface area contributed by atoms with Crippen molar-refractivity contribution in [2.75, 3.05) is 18.1 Å². The van der Waals surface area contributed by atoms with Crippen molar-refractivity contribution >= 4 is 11.8 Å².